The Morgan fingerprint density at radius 3 is 2.67 bits per heavy atom. The molecular weight excluding hydrogens is 256 g/mol. The molecule has 2 atom stereocenters. The number of unbranched alkanes of at least 4 members (excludes halogenated alkanes) is 1. The number of fused-ring (bicyclic) bond motifs is 1. The molecule has 1 aromatic heterocycles. The highest BCUT2D eigenvalue weighted by Crippen LogP contribution is 2.24. The second-order valence-electron chi connectivity index (χ2n) is 6.42. The number of nitrogens with two attached hydrogens (primary N) is 1. The largest absolute Gasteiger partial charge is 0.347 e. The van der Waals surface area contributed by atoms with Gasteiger partial charge in [0.25, 0.3) is 0 Å². The number of nitrogens with zero attached hydrogens (tertiary/aromatic N) is 1. The van der Waals surface area contributed by atoms with Crippen LogP contribution in [-0.2, 0) is 13.0 Å². The van der Waals surface area contributed by atoms with Crippen LogP contribution in [0, 0.1) is 5.92 Å². The topological polar surface area (TPSA) is 30.9 Å². The van der Waals surface area contributed by atoms with Crippen molar-refractivity contribution in [1.29, 1.82) is 0 Å². The predicted octanol–water partition coefficient (Wildman–Crippen LogP) is 4.75. The van der Waals surface area contributed by atoms with Gasteiger partial charge in [0.05, 0.1) is 0 Å². The second kappa shape index (κ2) is 7.65. The summed E-state index contributed by atoms with van der Waals surface area (Å²) in [7, 11) is 0. The van der Waals surface area contributed by atoms with Gasteiger partial charge in [0, 0.05) is 29.7 Å². The SMILES string of the molecule is CCCCC(CC)Cn1ccc2c(CC(C)N)cccc21. The highest BCUT2D eigenvalue weighted by atomic mass is 15.0. The third-order valence-electron chi connectivity index (χ3n) is 4.44. The van der Waals surface area contributed by atoms with Crippen LogP contribution in [0.2, 0.25) is 0 Å². The molecule has 0 bridgehead atoms. The van der Waals surface area contributed by atoms with Crippen LogP contribution >= 0.6 is 0 Å². The summed E-state index contributed by atoms with van der Waals surface area (Å²) in [5.41, 5.74) is 8.71. The maximum Gasteiger partial charge on any atom is 0.0483 e. The molecule has 21 heavy (non-hydrogen) atoms. The first kappa shape index (κ1) is 16.1. The minimum atomic E-state index is 0.215. The minimum Gasteiger partial charge on any atom is -0.347 e. The van der Waals surface area contributed by atoms with E-state index in [0.29, 0.717) is 0 Å². The highest BCUT2D eigenvalue weighted by Gasteiger charge is 2.11. The number of aromatic nitrogens is 1. The van der Waals surface area contributed by atoms with Gasteiger partial charge in [0.2, 0.25) is 0 Å². The number of benzene rings is 1. The molecular formula is C19H30N2. The zero-order valence-corrected chi connectivity index (χ0v) is 13.8. The molecule has 0 amide bonds. The standard InChI is InChI=1S/C19H30N2/c1-4-6-8-16(5-2)14-21-12-11-18-17(13-15(3)20)9-7-10-19(18)21/h7,9-12,15-16H,4-6,8,13-14,20H2,1-3H3. The van der Waals surface area contributed by atoms with Crippen LogP contribution in [0.5, 0.6) is 0 Å². The average molecular weight is 286 g/mol. The third kappa shape index (κ3) is 4.10. The molecule has 116 valence electrons. The van der Waals surface area contributed by atoms with Crippen molar-refractivity contribution in [1.82, 2.24) is 4.57 Å². The van der Waals surface area contributed by atoms with Gasteiger partial charge in [-0.05, 0) is 43.4 Å². The highest BCUT2D eigenvalue weighted by molar-refractivity contribution is 5.83. The molecule has 0 aliphatic heterocycles. The Morgan fingerprint density at radius 2 is 2.00 bits per heavy atom. The van der Waals surface area contributed by atoms with Gasteiger partial charge in [-0.1, -0.05) is 45.2 Å². The van der Waals surface area contributed by atoms with Crippen molar-refractivity contribution >= 4 is 10.9 Å². The van der Waals surface area contributed by atoms with Crippen LogP contribution in [0.25, 0.3) is 10.9 Å². The van der Waals surface area contributed by atoms with Gasteiger partial charge >= 0.3 is 0 Å². The van der Waals surface area contributed by atoms with Crippen molar-refractivity contribution in [2.75, 3.05) is 0 Å². The van der Waals surface area contributed by atoms with E-state index < -0.39 is 0 Å². The van der Waals surface area contributed by atoms with Gasteiger partial charge in [-0.3, -0.25) is 0 Å². The molecule has 0 saturated heterocycles. The number of hydrogen-bond donors (Lipinski definition) is 1. The van der Waals surface area contributed by atoms with Gasteiger partial charge < -0.3 is 10.3 Å². The monoisotopic (exact) mass is 286 g/mol. The molecule has 2 unspecified atom stereocenters. The summed E-state index contributed by atoms with van der Waals surface area (Å²) in [4.78, 5) is 0. The Balaban J connectivity index is 2.21. The van der Waals surface area contributed by atoms with Crippen LogP contribution in [0.15, 0.2) is 30.5 Å². The molecule has 1 aromatic carbocycles. The van der Waals surface area contributed by atoms with Crippen molar-refractivity contribution in [2.24, 2.45) is 11.7 Å². The van der Waals surface area contributed by atoms with E-state index in [4.69, 9.17) is 5.73 Å². The van der Waals surface area contributed by atoms with Gasteiger partial charge in [-0.15, -0.1) is 0 Å². The maximum absolute atomic E-state index is 5.97. The van der Waals surface area contributed by atoms with E-state index in [1.807, 2.05) is 0 Å². The molecule has 0 aliphatic rings. The van der Waals surface area contributed by atoms with E-state index >= 15 is 0 Å². The lowest BCUT2D eigenvalue weighted by Crippen LogP contribution is -2.17. The fraction of sp³-hybridized carbons (Fsp3) is 0.579. The lowest BCUT2D eigenvalue weighted by molar-refractivity contribution is 0.396. The number of rotatable bonds is 8. The van der Waals surface area contributed by atoms with E-state index in [1.165, 1.54) is 42.1 Å². The van der Waals surface area contributed by atoms with E-state index in [-0.39, 0.29) is 6.04 Å². The zero-order chi connectivity index (χ0) is 15.2. The summed E-state index contributed by atoms with van der Waals surface area (Å²) in [5.74, 6) is 0.789. The minimum absolute atomic E-state index is 0.215. The normalized spacial score (nSPS) is 14.5. The van der Waals surface area contributed by atoms with E-state index in [0.717, 1.165) is 18.9 Å². The molecule has 2 N–H and O–H groups in total. The molecule has 0 fully saturated rings. The van der Waals surface area contributed by atoms with Gasteiger partial charge in [-0.2, -0.15) is 0 Å². The number of hydrogen-bond acceptors (Lipinski definition) is 1. The quantitative estimate of drug-likeness (QED) is 0.746. The molecule has 2 nitrogen and oxygen atoms in total. The average Bonchev–Trinajstić information content (AvgIpc) is 2.87. The van der Waals surface area contributed by atoms with E-state index in [2.05, 4.69) is 55.8 Å². The van der Waals surface area contributed by atoms with Gasteiger partial charge in [-0.25, -0.2) is 0 Å². The Kier molecular flexibility index (Phi) is 5.86. The Hall–Kier alpha value is -1.28. The Bertz CT molecular complexity index is 554. The maximum atomic E-state index is 5.97. The van der Waals surface area contributed by atoms with E-state index in [9.17, 15) is 0 Å². The predicted molar refractivity (Wildman–Crippen MR) is 92.6 cm³/mol. The third-order valence-corrected chi connectivity index (χ3v) is 4.44. The molecule has 2 rings (SSSR count). The fourth-order valence-corrected chi connectivity index (χ4v) is 3.17. The summed E-state index contributed by atoms with van der Waals surface area (Å²) in [6.07, 6.45) is 8.44. The van der Waals surface area contributed by atoms with Crippen molar-refractivity contribution in [3.63, 3.8) is 0 Å². The van der Waals surface area contributed by atoms with Crippen LogP contribution in [0.1, 0.15) is 52.0 Å². The smallest absolute Gasteiger partial charge is 0.0483 e. The molecule has 0 aliphatic carbocycles. The van der Waals surface area contributed by atoms with Crippen molar-refractivity contribution in [3.8, 4) is 0 Å². The molecule has 0 radical (unpaired) electrons. The fourth-order valence-electron chi connectivity index (χ4n) is 3.17. The first-order valence-electron chi connectivity index (χ1n) is 8.48. The summed E-state index contributed by atoms with van der Waals surface area (Å²) in [6, 6.07) is 9.10. The Morgan fingerprint density at radius 1 is 1.19 bits per heavy atom. The molecule has 0 saturated carbocycles. The lowest BCUT2D eigenvalue weighted by atomic mass is 9.99. The molecule has 0 spiro atoms. The van der Waals surface area contributed by atoms with Crippen LogP contribution < -0.4 is 5.73 Å². The zero-order valence-electron chi connectivity index (χ0n) is 13.8. The van der Waals surface area contributed by atoms with Gasteiger partial charge in [0.1, 0.15) is 0 Å². The summed E-state index contributed by atoms with van der Waals surface area (Å²) >= 11 is 0. The van der Waals surface area contributed by atoms with Crippen molar-refractivity contribution < 1.29 is 0 Å². The lowest BCUT2D eigenvalue weighted by Gasteiger charge is -2.16. The molecule has 2 aromatic rings. The summed E-state index contributed by atoms with van der Waals surface area (Å²) < 4.78 is 2.43. The Labute approximate surface area is 129 Å². The first-order chi connectivity index (χ1) is 10.2. The summed E-state index contributed by atoms with van der Waals surface area (Å²) in [6.45, 7) is 7.81. The summed E-state index contributed by atoms with van der Waals surface area (Å²) in [5, 5.41) is 1.38. The second-order valence-corrected chi connectivity index (χ2v) is 6.42. The van der Waals surface area contributed by atoms with Gasteiger partial charge in [0.15, 0.2) is 0 Å². The molecule has 1 heterocycles. The van der Waals surface area contributed by atoms with Crippen LogP contribution in [0.3, 0.4) is 0 Å². The van der Waals surface area contributed by atoms with Crippen LogP contribution in [0.4, 0.5) is 0 Å². The van der Waals surface area contributed by atoms with Crippen LogP contribution in [-0.4, -0.2) is 10.6 Å². The molecule has 2 heteroatoms. The first-order valence-corrected chi connectivity index (χ1v) is 8.48. The van der Waals surface area contributed by atoms with Crippen molar-refractivity contribution in [3.05, 3.63) is 36.0 Å². The van der Waals surface area contributed by atoms with Crippen molar-refractivity contribution in [2.45, 2.75) is 65.5 Å². The van der Waals surface area contributed by atoms with E-state index in [1.54, 1.807) is 0 Å².